The van der Waals surface area contributed by atoms with Crippen LogP contribution in [0.15, 0.2) is 29.2 Å². The highest BCUT2D eigenvalue weighted by Crippen LogP contribution is 2.37. The molecule has 1 heterocycles. The highest BCUT2D eigenvalue weighted by atomic mass is 32.2. The first-order valence-corrected chi connectivity index (χ1v) is 7.45. The van der Waals surface area contributed by atoms with Crippen molar-refractivity contribution in [3.8, 4) is 0 Å². The van der Waals surface area contributed by atoms with Crippen molar-refractivity contribution < 1.29 is 9.72 Å². The molecule has 110 valence electrons. The topological polar surface area (TPSA) is 63.5 Å². The fraction of sp³-hybridized carbons (Fsp3) is 0.286. The van der Waals surface area contributed by atoms with Crippen LogP contribution in [-0.4, -0.2) is 25.6 Å². The number of nitrogens with zero attached hydrogens (tertiary/aromatic N) is 2. The summed E-state index contributed by atoms with van der Waals surface area (Å²) in [7, 11) is 0. The van der Waals surface area contributed by atoms with E-state index in [1.807, 2.05) is 20.8 Å². The lowest BCUT2D eigenvalue weighted by Crippen LogP contribution is -2.44. The Bertz CT molecular complexity index is 662. The molecule has 0 atom stereocenters. The molecule has 21 heavy (non-hydrogen) atoms. The average molecular weight is 322 g/mol. The van der Waals surface area contributed by atoms with Crippen LogP contribution < -0.4 is 0 Å². The molecule has 1 aliphatic rings. The van der Waals surface area contributed by atoms with E-state index >= 15 is 0 Å². The quantitative estimate of drug-likeness (QED) is 0.360. The van der Waals surface area contributed by atoms with Crippen molar-refractivity contribution in [2.75, 3.05) is 0 Å². The van der Waals surface area contributed by atoms with Gasteiger partial charge in [-0.25, -0.2) is 0 Å². The van der Waals surface area contributed by atoms with Gasteiger partial charge in [0.15, 0.2) is 0 Å². The van der Waals surface area contributed by atoms with Crippen molar-refractivity contribution in [3.05, 3.63) is 44.8 Å². The van der Waals surface area contributed by atoms with Gasteiger partial charge in [0.1, 0.15) is 4.32 Å². The predicted octanol–water partition coefficient (Wildman–Crippen LogP) is 3.59. The molecule has 0 saturated carbocycles. The third kappa shape index (κ3) is 3.30. The van der Waals surface area contributed by atoms with E-state index in [1.54, 1.807) is 23.1 Å². The second-order valence-corrected chi connectivity index (χ2v) is 7.22. The van der Waals surface area contributed by atoms with Gasteiger partial charge in [-0.3, -0.25) is 19.8 Å². The molecule has 1 fully saturated rings. The van der Waals surface area contributed by atoms with E-state index in [1.165, 1.54) is 23.9 Å². The molecular weight excluding hydrogens is 308 g/mol. The van der Waals surface area contributed by atoms with Crippen molar-refractivity contribution in [1.82, 2.24) is 4.90 Å². The van der Waals surface area contributed by atoms with Gasteiger partial charge >= 0.3 is 0 Å². The van der Waals surface area contributed by atoms with E-state index in [9.17, 15) is 14.9 Å². The summed E-state index contributed by atoms with van der Waals surface area (Å²) in [6.45, 7) is 5.73. The third-order valence-electron chi connectivity index (χ3n) is 2.84. The van der Waals surface area contributed by atoms with Crippen LogP contribution in [0.5, 0.6) is 0 Å². The molecule has 1 aromatic carbocycles. The van der Waals surface area contributed by atoms with Gasteiger partial charge in [-0.05, 0) is 32.4 Å². The van der Waals surface area contributed by atoms with Gasteiger partial charge in [-0.2, -0.15) is 0 Å². The molecule has 0 spiro atoms. The molecule has 0 N–H and O–H groups in total. The number of thioether (sulfide) groups is 1. The van der Waals surface area contributed by atoms with Crippen LogP contribution in [0, 0.1) is 10.1 Å². The zero-order valence-electron chi connectivity index (χ0n) is 11.8. The van der Waals surface area contributed by atoms with Gasteiger partial charge < -0.3 is 0 Å². The SMILES string of the molecule is CC(C)(C)N1C(=O)/C(=C\c2cccc([N+](=O)[O-])c2)SC1=S. The number of benzene rings is 1. The average Bonchev–Trinajstić information content (AvgIpc) is 2.64. The molecule has 2 rings (SSSR count). The summed E-state index contributed by atoms with van der Waals surface area (Å²) in [5.41, 5.74) is 0.216. The highest BCUT2D eigenvalue weighted by molar-refractivity contribution is 8.26. The van der Waals surface area contributed by atoms with Crippen molar-refractivity contribution >= 4 is 46.0 Å². The summed E-state index contributed by atoms with van der Waals surface area (Å²) in [6.07, 6.45) is 1.64. The lowest BCUT2D eigenvalue weighted by molar-refractivity contribution is -0.384. The molecule has 0 aliphatic carbocycles. The smallest absolute Gasteiger partial charge is 0.270 e. The first-order chi connectivity index (χ1) is 9.70. The van der Waals surface area contributed by atoms with Crippen LogP contribution in [0.4, 0.5) is 5.69 Å². The first kappa shape index (κ1) is 15.7. The number of carbonyl (C=O) groups excluding carboxylic acids is 1. The van der Waals surface area contributed by atoms with Crippen molar-refractivity contribution in [1.29, 1.82) is 0 Å². The number of amides is 1. The molecule has 0 aromatic heterocycles. The van der Waals surface area contributed by atoms with Crippen LogP contribution in [0.3, 0.4) is 0 Å². The van der Waals surface area contributed by atoms with Gasteiger partial charge in [0.25, 0.3) is 11.6 Å². The van der Waals surface area contributed by atoms with Crippen LogP contribution in [0.25, 0.3) is 6.08 Å². The maximum Gasteiger partial charge on any atom is 0.270 e. The number of carbonyl (C=O) groups is 1. The predicted molar refractivity (Wildman–Crippen MR) is 87.9 cm³/mol. The van der Waals surface area contributed by atoms with Crippen molar-refractivity contribution in [2.45, 2.75) is 26.3 Å². The van der Waals surface area contributed by atoms with Gasteiger partial charge in [0.2, 0.25) is 0 Å². The van der Waals surface area contributed by atoms with Crippen LogP contribution in [0.2, 0.25) is 0 Å². The van der Waals surface area contributed by atoms with Crippen molar-refractivity contribution in [3.63, 3.8) is 0 Å². The first-order valence-electron chi connectivity index (χ1n) is 6.22. The maximum absolute atomic E-state index is 12.4. The Balaban J connectivity index is 2.35. The number of nitro benzene ring substituents is 1. The molecule has 0 radical (unpaired) electrons. The second kappa shape index (κ2) is 5.57. The van der Waals surface area contributed by atoms with E-state index in [2.05, 4.69) is 0 Å². The zero-order chi connectivity index (χ0) is 15.8. The molecule has 7 heteroatoms. The number of non-ortho nitro benzene ring substituents is 1. The standard InChI is InChI=1S/C14H14N2O3S2/c1-14(2,3)15-12(17)11(21-13(15)20)8-9-5-4-6-10(7-9)16(18)19/h4-8H,1-3H3/b11-8+. The molecule has 1 aromatic rings. The minimum absolute atomic E-state index is 0.00458. The van der Waals surface area contributed by atoms with Gasteiger partial charge in [-0.1, -0.05) is 36.1 Å². The monoisotopic (exact) mass is 322 g/mol. The molecule has 5 nitrogen and oxygen atoms in total. The Morgan fingerprint density at radius 2 is 2.05 bits per heavy atom. The summed E-state index contributed by atoms with van der Waals surface area (Å²) >= 11 is 6.46. The maximum atomic E-state index is 12.4. The minimum Gasteiger partial charge on any atom is -0.288 e. The minimum atomic E-state index is -0.461. The van der Waals surface area contributed by atoms with E-state index in [4.69, 9.17) is 12.2 Å². The Morgan fingerprint density at radius 1 is 1.38 bits per heavy atom. The Morgan fingerprint density at radius 3 is 2.57 bits per heavy atom. The summed E-state index contributed by atoms with van der Waals surface area (Å²) in [5.74, 6) is -0.163. The zero-order valence-corrected chi connectivity index (χ0v) is 13.5. The van der Waals surface area contributed by atoms with Crippen LogP contribution in [0.1, 0.15) is 26.3 Å². The molecule has 1 aliphatic heterocycles. The normalized spacial score (nSPS) is 17.7. The lowest BCUT2D eigenvalue weighted by Gasteiger charge is -2.30. The van der Waals surface area contributed by atoms with E-state index in [0.717, 1.165) is 0 Å². The fourth-order valence-corrected chi connectivity index (χ4v) is 3.56. The molecular formula is C14H14N2O3S2. The fourth-order valence-electron chi connectivity index (χ4n) is 1.93. The van der Waals surface area contributed by atoms with Gasteiger partial charge in [0, 0.05) is 17.7 Å². The largest absolute Gasteiger partial charge is 0.288 e. The summed E-state index contributed by atoms with van der Waals surface area (Å²) in [6, 6.07) is 6.16. The molecule has 1 saturated heterocycles. The number of rotatable bonds is 2. The summed E-state index contributed by atoms with van der Waals surface area (Å²) in [4.78, 5) is 24.8. The van der Waals surface area contributed by atoms with Crippen LogP contribution in [-0.2, 0) is 4.79 Å². The number of nitro groups is 1. The second-order valence-electron chi connectivity index (χ2n) is 5.54. The number of hydrogen-bond donors (Lipinski definition) is 0. The van der Waals surface area contributed by atoms with E-state index in [-0.39, 0.29) is 17.1 Å². The van der Waals surface area contributed by atoms with Crippen molar-refractivity contribution in [2.24, 2.45) is 0 Å². The van der Waals surface area contributed by atoms with Gasteiger partial charge in [-0.15, -0.1) is 0 Å². The van der Waals surface area contributed by atoms with Gasteiger partial charge in [0.05, 0.1) is 9.83 Å². The Hall–Kier alpha value is -1.73. The molecule has 0 unspecified atom stereocenters. The molecule has 0 bridgehead atoms. The van der Waals surface area contributed by atoms with E-state index < -0.39 is 4.92 Å². The lowest BCUT2D eigenvalue weighted by atomic mass is 10.1. The van der Waals surface area contributed by atoms with Crippen LogP contribution >= 0.6 is 24.0 Å². The summed E-state index contributed by atoms with van der Waals surface area (Å²) in [5, 5.41) is 10.8. The highest BCUT2D eigenvalue weighted by Gasteiger charge is 2.38. The van der Waals surface area contributed by atoms with E-state index in [0.29, 0.717) is 14.8 Å². The Labute approximate surface area is 132 Å². The Kier molecular flexibility index (Phi) is 4.15. The number of thiocarbonyl (C=S) groups is 1. The molecule has 1 amide bonds. The summed E-state index contributed by atoms with van der Waals surface area (Å²) < 4.78 is 0.504. The number of hydrogen-bond acceptors (Lipinski definition) is 5. The third-order valence-corrected chi connectivity index (χ3v) is 4.15.